The largest absolute Gasteiger partial charge is 0.466 e. The summed E-state index contributed by atoms with van der Waals surface area (Å²) in [6.07, 6.45) is 86.6. The lowest BCUT2D eigenvalue weighted by Crippen LogP contribution is -2.45. The maximum Gasteiger partial charge on any atom is 0.305 e. The van der Waals surface area contributed by atoms with Gasteiger partial charge in [0.2, 0.25) is 5.91 Å². The molecule has 0 saturated carbocycles. The summed E-state index contributed by atoms with van der Waals surface area (Å²) < 4.78 is 5.47. The molecule has 460 valence electrons. The van der Waals surface area contributed by atoms with Gasteiger partial charge in [0.25, 0.3) is 0 Å². The van der Waals surface area contributed by atoms with Crippen LogP contribution in [0.5, 0.6) is 0 Å². The summed E-state index contributed by atoms with van der Waals surface area (Å²) >= 11 is 0. The monoisotopic (exact) mass is 1100 g/mol. The van der Waals surface area contributed by atoms with Crippen LogP contribution in [0.1, 0.15) is 386 Å². The summed E-state index contributed by atoms with van der Waals surface area (Å²) in [5, 5.41) is 23.2. The molecule has 0 aliphatic heterocycles. The molecule has 0 rings (SSSR count). The molecule has 1 amide bonds. The molecule has 0 saturated heterocycles. The molecule has 0 aromatic carbocycles. The van der Waals surface area contributed by atoms with Crippen molar-refractivity contribution in [3.8, 4) is 0 Å². The van der Waals surface area contributed by atoms with Crippen molar-refractivity contribution in [3.63, 3.8) is 0 Å². The molecule has 0 bridgehead atoms. The third-order valence-electron chi connectivity index (χ3n) is 16.4. The van der Waals surface area contributed by atoms with Crippen molar-refractivity contribution in [3.05, 3.63) is 36.5 Å². The average molecular weight is 1100 g/mol. The van der Waals surface area contributed by atoms with E-state index in [4.69, 9.17) is 4.74 Å². The lowest BCUT2D eigenvalue weighted by Gasteiger charge is -2.20. The van der Waals surface area contributed by atoms with E-state index in [0.29, 0.717) is 19.4 Å². The second kappa shape index (κ2) is 67.6. The molecular weight excluding hydrogens is 959 g/mol. The molecule has 0 fully saturated rings. The van der Waals surface area contributed by atoms with Gasteiger partial charge < -0.3 is 20.3 Å². The highest BCUT2D eigenvalue weighted by Crippen LogP contribution is 2.18. The number of carbonyl (C=O) groups is 2. The minimum Gasteiger partial charge on any atom is -0.466 e. The smallest absolute Gasteiger partial charge is 0.305 e. The first-order chi connectivity index (χ1) is 38.5. The third-order valence-corrected chi connectivity index (χ3v) is 16.4. The summed E-state index contributed by atoms with van der Waals surface area (Å²) in [5.41, 5.74) is 0. The lowest BCUT2D eigenvalue weighted by molar-refractivity contribution is -0.143. The van der Waals surface area contributed by atoms with Crippen molar-refractivity contribution in [2.45, 2.75) is 398 Å². The standard InChI is InChI=1S/C72H137NO5/c1-3-5-7-9-11-13-15-16-17-18-19-32-35-38-41-45-48-52-56-60-64-70(75)69(68-74)73-71(76)65-61-57-53-49-46-42-39-36-33-30-28-26-24-22-20-21-23-25-27-29-31-34-37-40-43-47-51-55-59-63-67-78-72(77)66-62-58-54-50-44-14-12-10-8-6-4-2/h10,12,21,23,60,64,69-70,74-75H,3-9,11,13-20,22,24-59,61-63,65-68H2,1-2H3,(H,73,76)/b12-10-,23-21-,64-60+. The summed E-state index contributed by atoms with van der Waals surface area (Å²) in [7, 11) is 0. The van der Waals surface area contributed by atoms with E-state index in [2.05, 4.69) is 43.5 Å². The zero-order chi connectivity index (χ0) is 56.4. The molecule has 0 radical (unpaired) electrons. The van der Waals surface area contributed by atoms with Crippen LogP contribution >= 0.6 is 0 Å². The Morgan fingerprint density at radius 3 is 0.949 bits per heavy atom. The fraction of sp³-hybridized carbons (Fsp3) is 0.889. The van der Waals surface area contributed by atoms with E-state index in [0.717, 1.165) is 44.9 Å². The molecule has 6 heteroatoms. The topological polar surface area (TPSA) is 95.9 Å². The number of aliphatic hydroxyl groups excluding tert-OH is 2. The number of rotatable bonds is 66. The van der Waals surface area contributed by atoms with E-state index >= 15 is 0 Å². The summed E-state index contributed by atoms with van der Waals surface area (Å²) in [4.78, 5) is 24.5. The van der Waals surface area contributed by atoms with Crippen molar-refractivity contribution in [2.75, 3.05) is 13.2 Å². The molecule has 0 heterocycles. The minimum absolute atomic E-state index is 0.00592. The Morgan fingerprint density at radius 2 is 0.615 bits per heavy atom. The predicted octanol–water partition coefficient (Wildman–Crippen LogP) is 22.7. The van der Waals surface area contributed by atoms with E-state index < -0.39 is 12.1 Å². The molecule has 0 aromatic heterocycles. The maximum atomic E-state index is 12.5. The van der Waals surface area contributed by atoms with Crippen molar-refractivity contribution in [2.24, 2.45) is 0 Å². The number of hydrogen-bond acceptors (Lipinski definition) is 5. The quantitative estimate of drug-likeness (QED) is 0.0320. The van der Waals surface area contributed by atoms with Crippen LogP contribution in [0.4, 0.5) is 0 Å². The van der Waals surface area contributed by atoms with Crippen LogP contribution < -0.4 is 5.32 Å². The van der Waals surface area contributed by atoms with Crippen molar-refractivity contribution in [1.29, 1.82) is 0 Å². The van der Waals surface area contributed by atoms with Gasteiger partial charge in [0.1, 0.15) is 0 Å². The molecule has 2 unspecified atom stereocenters. The molecule has 2 atom stereocenters. The maximum absolute atomic E-state index is 12.5. The molecule has 6 nitrogen and oxygen atoms in total. The normalized spacial score (nSPS) is 12.7. The first-order valence-electron chi connectivity index (χ1n) is 35.3. The number of unbranched alkanes of at least 4 members (excludes halogenated alkanes) is 51. The predicted molar refractivity (Wildman–Crippen MR) is 343 cm³/mol. The van der Waals surface area contributed by atoms with Crippen molar-refractivity contribution >= 4 is 11.9 Å². The summed E-state index contributed by atoms with van der Waals surface area (Å²) in [5.74, 6) is -0.0571. The van der Waals surface area contributed by atoms with Crippen molar-refractivity contribution < 1.29 is 24.5 Å². The van der Waals surface area contributed by atoms with Crippen LogP contribution in [0.15, 0.2) is 36.5 Å². The first kappa shape index (κ1) is 76.1. The van der Waals surface area contributed by atoms with Crippen LogP contribution in [-0.2, 0) is 14.3 Å². The molecule has 78 heavy (non-hydrogen) atoms. The number of aliphatic hydroxyl groups is 2. The SMILES string of the molecule is CCCC/C=C\CCCCCCCC(=O)OCCCCCCCCCCCCCC/C=C\CCCCCCCCCCCCCCCCC(=O)NC(CO)C(O)/C=C/CCCCCCCCCCCCCCCCCCCC. The first-order valence-corrected chi connectivity index (χ1v) is 35.3. The van der Waals surface area contributed by atoms with Gasteiger partial charge in [-0.1, -0.05) is 333 Å². The van der Waals surface area contributed by atoms with Gasteiger partial charge in [0, 0.05) is 12.8 Å². The van der Waals surface area contributed by atoms with Crippen LogP contribution in [0.25, 0.3) is 0 Å². The zero-order valence-electron chi connectivity index (χ0n) is 52.7. The number of ether oxygens (including phenoxy) is 1. The fourth-order valence-electron chi connectivity index (χ4n) is 11.0. The second-order valence-electron chi connectivity index (χ2n) is 24.2. The number of allylic oxidation sites excluding steroid dienone is 5. The number of amides is 1. The highest BCUT2D eigenvalue weighted by molar-refractivity contribution is 5.76. The van der Waals surface area contributed by atoms with E-state index in [-0.39, 0.29) is 18.5 Å². The number of hydrogen-bond donors (Lipinski definition) is 3. The van der Waals surface area contributed by atoms with Crippen LogP contribution in [0.2, 0.25) is 0 Å². The molecular formula is C72H137NO5. The van der Waals surface area contributed by atoms with Gasteiger partial charge in [0.05, 0.1) is 25.4 Å². The Labute approximate surface area is 487 Å². The fourth-order valence-corrected chi connectivity index (χ4v) is 11.0. The van der Waals surface area contributed by atoms with Gasteiger partial charge in [-0.2, -0.15) is 0 Å². The van der Waals surface area contributed by atoms with Crippen molar-refractivity contribution in [1.82, 2.24) is 5.32 Å². The average Bonchev–Trinajstić information content (AvgIpc) is 3.44. The molecule has 0 aliphatic rings. The van der Waals surface area contributed by atoms with Gasteiger partial charge in [-0.05, 0) is 77.0 Å². The van der Waals surface area contributed by atoms with E-state index in [9.17, 15) is 19.8 Å². The van der Waals surface area contributed by atoms with Crippen LogP contribution in [-0.4, -0.2) is 47.4 Å². The minimum atomic E-state index is -0.844. The number of nitrogens with one attached hydrogen (secondary N) is 1. The Morgan fingerprint density at radius 1 is 0.346 bits per heavy atom. The second-order valence-corrected chi connectivity index (χ2v) is 24.2. The van der Waals surface area contributed by atoms with Gasteiger partial charge in [-0.25, -0.2) is 0 Å². The Kier molecular flexibility index (Phi) is 65.9. The van der Waals surface area contributed by atoms with Gasteiger partial charge in [-0.3, -0.25) is 9.59 Å². The summed E-state index contributed by atoms with van der Waals surface area (Å²) in [6.45, 7) is 4.90. The molecule has 0 aliphatic carbocycles. The highest BCUT2D eigenvalue weighted by Gasteiger charge is 2.18. The Bertz CT molecular complexity index is 1260. The zero-order valence-corrected chi connectivity index (χ0v) is 52.7. The molecule has 0 spiro atoms. The summed E-state index contributed by atoms with van der Waals surface area (Å²) in [6, 6.07) is -0.628. The van der Waals surface area contributed by atoms with Crippen LogP contribution in [0.3, 0.4) is 0 Å². The van der Waals surface area contributed by atoms with E-state index in [1.807, 2.05) is 6.08 Å². The molecule has 0 aromatic rings. The number of carbonyl (C=O) groups excluding carboxylic acids is 2. The number of esters is 1. The Hall–Kier alpha value is -1.92. The van der Waals surface area contributed by atoms with E-state index in [1.165, 1.54) is 315 Å². The van der Waals surface area contributed by atoms with Gasteiger partial charge in [-0.15, -0.1) is 0 Å². The Balaban J connectivity index is 3.40. The highest BCUT2D eigenvalue weighted by atomic mass is 16.5. The van der Waals surface area contributed by atoms with Crippen LogP contribution in [0, 0.1) is 0 Å². The third kappa shape index (κ3) is 63.3. The van der Waals surface area contributed by atoms with Gasteiger partial charge in [0.15, 0.2) is 0 Å². The van der Waals surface area contributed by atoms with Gasteiger partial charge >= 0.3 is 5.97 Å². The lowest BCUT2D eigenvalue weighted by atomic mass is 10.0. The molecule has 3 N–H and O–H groups in total. The van der Waals surface area contributed by atoms with E-state index in [1.54, 1.807) is 6.08 Å².